The van der Waals surface area contributed by atoms with Gasteiger partial charge in [-0.25, -0.2) is 0 Å². The third-order valence-electron chi connectivity index (χ3n) is 2.58. The second-order valence-electron chi connectivity index (χ2n) is 4.32. The van der Waals surface area contributed by atoms with E-state index in [0.29, 0.717) is 31.0 Å². The third-order valence-corrected chi connectivity index (χ3v) is 2.58. The minimum Gasteiger partial charge on any atom is -0.492 e. The van der Waals surface area contributed by atoms with Crippen molar-refractivity contribution in [2.75, 3.05) is 33.8 Å². The summed E-state index contributed by atoms with van der Waals surface area (Å²) >= 11 is 0. The van der Waals surface area contributed by atoms with Gasteiger partial charge in [0.1, 0.15) is 12.4 Å². The molecular weight excluding hydrogens is 260 g/mol. The number of hydrogen-bond acceptors (Lipinski definition) is 5. The predicted molar refractivity (Wildman–Crippen MR) is 76.0 cm³/mol. The zero-order valence-electron chi connectivity index (χ0n) is 11.7. The van der Waals surface area contributed by atoms with Gasteiger partial charge in [0.25, 0.3) is 0 Å². The van der Waals surface area contributed by atoms with Crippen molar-refractivity contribution >= 4 is 11.7 Å². The molecular formula is C13H20N4O3. The number of carbonyl (C=O) groups is 1. The van der Waals surface area contributed by atoms with Crippen molar-refractivity contribution < 1.29 is 14.7 Å². The summed E-state index contributed by atoms with van der Waals surface area (Å²) < 4.78 is 5.49. The number of amides is 1. The largest absolute Gasteiger partial charge is 0.492 e. The van der Waals surface area contributed by atoms with Crippen molar-refractivity contribution in [3.05, 3.63) is 29.8 Å². The van der Waals surface area contributed by atoms with E-state index in [1.54, 1.807) is 38.4 Å². The lowest BCUT2D eigenvalue weighted by molar-refractivity contribution is -0.127. The lowest BCUT2D eigenvalue weighted by Crippen LogP contribution is -2.34. The van der Waals surface area contributed by atoms with Crippen molar-refractivity contribution in [2.45, 2.75) is 0 Å². The van der Waals surface area contributed by atoms with Crippen LogP contribution >= 0.6 is 0 Å². The van der Waals surface area contributed by atoms with Crippen LogP contribution in [0.15, 0.2) is 29.4 Å². The van der Waals surface area contributed by atoms with E-state index in [-0.39, 0.29) is 11.7 Å². The fourth-order valence-corrected chi connectivity index (χ4v) is 1.37. The van der Waals surface area contributed by atoms with Gasteiger partial charge in [-0.1, -0.05) is 5.16 Å². The summed E-state index contributed by atoms with van der Waals surface area (Å²) in [4.78, 5) is 12.8. The van der Waals surface area contributed by atoms with Crippen LogP contribution in [0.25, 0.3) is 0 Å². The van der Waals surface area contributed by atoms with Crippen LogP contribution in [0.2, 0.25) is 0 Å². The van der Waals surface area contributed by atoms with Gasteiger partial charge in [-0.3, -0.25) is 4.79 Å². The van der Waals surface area contributed by atoms with Crippen LogP contribution in [0.1, 0.15) is 5.56 Å². The maximum atomic E-state index is 11.3. The number of ether oxygens (including phenoxy) is 1. The number of carbonyl (C=O) groups excluding carboxylic acids is 1. The lowest BCUT2D eigenvalue weighted by Gasteiger charge is -2.11. The summed E-state index contributed by atoms with van der Waals surface area (Å²) in [5, 5.41) is 14.4. The van der Waals surface area contributed by atoms with E-state index in [1.807, 2.05) is 0 Å². The number of nitrogens with one attached hydrogen (secondary N) is 1. The van der Waals surface area contributed by atoms with Gasteiger partial charge in [0, 0.05) is 26.2 Å². The molecule has 1 aromatic rings. The molecule has 110 valence electrons. The van der Waals surface area contributed by atoms with Crippen molar-refractivity contribution in [3.8, 4) is 5.75 Å². The van der Waals surface area contributed by atoms with E-state index in [0.717, 1.165) is 0 Å². The molecule has 0 aliphatic rings. The number of hydrogen-bond donors (Lipinski definition) is 3. The highest BCUT2D eigenvalue weighted by molar-refractivity contribution is 5.97. The fraction of sp³-hybridized carbons (Fsp3) is 0.385. The molecule has 4 N–H and O–H groups in total. The van der Waals surface area contributed by atoms with Crippen LogP contribution in [0.5, 0.6) is 5.75 Å². The molecule has 1 rings (SSSR count). The third kappa shape index (κ3) is 5.15. The molecule has 0 aliphatic carbocycles. The quantitative estimate of drug-likeness (QED) is 0.212. The van der Waals surface area contributed by atoms with E-state index < -0.39 is 0 Å². The standard InChI is InChI=1S/C13H20N4O3/c1-17(2)12(18)9-15-7-8-20-11-5-3-10(4-6-11)13(14)16-19/h3-6,15,19H,7-9H2,1-2H3,(H2,14,16). The number of oxime groups is 1. The molecule has 0 atom stereocenters. The molecule has 20 heavy (non-hydrogen) atoms. The number of nitrogens with two attached hydrogens (primary N) is 1. The summed E-state index contributed by atoms with van der Waals surface area (Å²) in [5.74, 6) is 0.758. The number of nitrogens with zero attached hydrogens (tertiary/aromatic N) is 2. The van der Waals surface area contributed by atoms with Crippen LogP contribution < -0.4 is 15.8 Å². The molecule has 0 saturated heterocycles. The molecule has 1 aromatic carbocycles. The highest BCUT2D eigenvalue weighted by Gasteiger charge is 2.02. The highest BCUT2D eigenvalue weighted by atomic mass is 16.5. The summed E-state index contributed by atoms with van der Waals surface area (Å²) in [6, 6.07) is 6.87. The second kappa shape index (κ2) is 8.00. The van der Waals surface area contributed by atoms with Crippen LogP contribution in [0.3, 0.4) is 0 Å². The van der Waals surface area contributed by atoms with E-state index in [4.69, 9.17) is 15.7 Å². The van der Waals surface area contributed by atoms with Crippen LogP contribution in [-0.2, 0) is 4.79 Å². The van der Waals surface area contributed by atoms with Gasteiger partial charge in [-0.15, -0.1) is 0 Å². The number of rotatable bonds is 7. The number of benzene rings is 1. The molecule has 0 spiro atoms. The average Bonchev–Trinajstić information content (AvgIpc) is 2.46. The fourth-order valence-electron chi connectivity index (χ4n) is 1.37. The zero-order valence-corrected chi connectivity index (χ0v) is 11.7. The predicted octanol–water partition coefficient (Wildman–Crippen LogP) is -0.162. The first kappa shape index (κ1) is 15.8. The van der Waals surface area contributed by atoms with Crippen LogP contribution in [0, 0.1) is 0 Å². The first-order valence-electron chi connectivity index (χ1n) is 6.16. The Morgan fingerprint density at radius 1 is 1.40 bits per heavy atom. The van der Waals surface area contributed by atoms with Gasteiger partial charge in [0.05, 0.1) is 6.54 Å². The van der Waals surface area contributed by atoms with Crippen molar-refractivity contribution in [2.24, 2.45) is 10.9 Å². The van der Waals surface area contributed by atoms with E-state index in [1.165, 1.54) is 4.90 Å². The molecule has 0 bridgehead atoms. The van der Waals surface area contributed by atoms with Gasteiger partial charge in [-0.05, 0) is 24.3 Å². The van der Waals surface area contributed by atoms with Gasteiger partial charge in [0.15, 0.2) is 5.84 Å². The summed E-state index contributed by atoms with van der Waals surface area (Å²) in [6.45, 7) is 1.31. The van der Waals surface area contributed by atoms with Crippen molar-refractivity contribution in [1.29, 1.82) is 0 Å². The minimum absolute atomic E-state index is 0.0214. The Hall–Kier alpha value is -2.28. The Kier molecular flexibility index (Phi) is 6.31. The molecule has 7 heteroatoms. The van der Waals surface area contributed by atoms with E-state index >= 15 is 0 Å². The normalized spacial score (nSPS) is 11.2. The van der Waals surface area contributed by atoms with E-state index in [9.17, 15) is 4.79 Å². The lowest BCUT2D eigenvalue weighted by atomic mass is 10.2. The number of amidine groups is 1. The van der Waals surface area contributed by atoms with Gasteiger partial charge in [-0.2, -0.15) is 0 Å². The summed E-state index contributed by atoms with van der Waals surface area (Å²) in [5.41, 5.74) is 6.07. The summed E-state index contributed by atoms with van der Waals surface area (Å²) in [6.07, 6.45) is 0. The molecule has 0 aliphatic heterocycles. The highest BCUT2D eigenvalue weighted by Crippen LogP contribution is 2.11. The van der Waals surface area contributed by atoms with Gasteiger partial charge >= 0.3 is 0 Å². The smallest absolute Gasteiger partial charge is 0.236 e. The molecule has 7 nitrogen and oxygen atoms in total. The Labute approximate surface area is 118 Å². The molecule has 0 fully saturated rings. The van der Waals surface area contributed by atoms with Crippen molar-refractivity contribution in [1.82, 2.24) is 10.2 Å². The molecule has 0 unspecified atom stereocenters. The summed E-state index contributed by atoms with van der Waals surface area (Å²) in [7, 11) is 3.42. The second-order valence-corrected chi connectivity index (χ2v) is 4.32. The molecule has 0 saturated carbocycles. The van der Waals surface area contributed by atoms with Crippen LogP contribution in [0.4, 0.5) is 0 Å². The van der Waals surface area contributed by atoms with Gasteiger partial charge < -0.3 is 25.9 Å². The molecule has 0 heterocycles. The monoisotopic (exact) mass is 280 g/mol. The molecule has 0 aromatic heterocycles. The Morgan fingerprint density at radius 3 is 2.60 bits per heavy atom. The minimum atomic E-state index is 0.0214. The van der Waals surface area contributed by atoms with Gasteiger partial charge in [0.2, 0.25) is 5.91 Å². The molecule has 1 amide bonds. The topological polar surface area (TPSA) is 100 Å². The van der Waals surface area contributed by atoms with Crippen molar-refractivity contribution in [3.63, 3.8) is 0 Å². The van der Waals surface area contributed by atoms with Crippen LogP contribution in [-0.4, -0.2) is 55.6 Å². The number of likely N-dealkylation sites (N-methyl/N-ethyl adjacent to an activating group) is 1. The Morgan fingerprint density at radius 2 is 2.05 bits per heavy atom. The maximum Gasteiger partial charge on any atom is 0.236 e. The zero-order chi connectivity index (χ0) is 15.0. The average molecular weight is 280 g/mol. The SMILES string of the molecule is CN(C)C(=O)CNCCOc1ccc(C(N)=NO)cc1. The first-order valence-corrected chi connectivity index (χ1v) is 6.16. The Bertz CT molecular complexity index is 457. The molecule has 0 radical (unpaired) electrons. The first-order chi connectivity index (χ1) is 9.54. The maximum absolute atomic E-state index is 11.3. The Balaban J connectivity index is 2.27. The van der Waals surface area contributed by atoms with E-state index in [2.05, 4.69) is 10.5 Å².